The predicted molar refractivity (Wildman–Crippen MR) is 160 cm³/mol. The third-order valence-corrected chi connectivity index (χ3v) is 8.12. The molecule has 0 unspecified atom stereocenters. The van der Waals surface area contributed by atoms with Crippen LogP contribution in [0.1, 0.15) is 57.4 Å². The molecule has 5 atom stereocenters. The van der Waals surface area contributed by atoms with Gasteiger partial charge in [0.25, 0.3) is 0 Å². The van der Waals surface area contributed by atoms with Gasteiger partial charge in [-0.2, -0.15) is 0 Å². The van der Waals surface area contributed by atoms with Crippen LogP contribution in [0.3, 0.4) is 0 Å². The third-order valence-electron chi connectivity index (χ3n) is 8.12. The van der Waals surface area contributed by atoms with Crippen LogP contribution in [0.4, 0.5) is 0 Å². The van der Waals surface area contributed by atoms with E-state index in [4.69, 9.17) is 9.47 Å². The van der Waals surface area contributed by atoms with E-state index >= 15 is 0 Å². The zero-order chi connectivity index (χ0) is 28.9. The fourth-order valence-corrected chi connectivity index (χ4v) is 5.81. The Morgan fingerprint density at radius 1 is 0.805 bits per heavy atom. The first-order valence-electron chi connectivity index (χ1n) is 14.6. The molecule has 0 amide bonds. The lowest BCUT2D eigenvalue weighted by molar-refractivity contribution is -0.232. The smallest absolute Gasteiger partial charge is 0.305 e. The second kappa shape index (κ2) is 13.1. The van der Waals surface area contributed by atoms with Gasteiger partial charge in [0.2, 0.25) is 0 Å². The van der Waals surface area contributed by atoms with Crippen molar-refractivity contribution in [2.75, 3.05) is 6.61 Å². The van der Waals surface area contributed by atoms with Gasteiger partial charge in [-0.25, -0.2) is 0 Å². The molecule has 1 fully saturated rings. The summed E-state index contributed by atoms with van der Waals surface area (Å²) in [6, 6.07) is 18.6. The Morgan fingerprint density at radius 3 is 2.22 bits per heavy atom. The van der Waals surface area contributed by atoms with E-state index in [1.165, 1.54) is 11.5 Å². The van der Waals surface area contributed by atoms with Gasteiger partial charge in [-0.3, -0.25) is 9.59 Å². The van der Waals surface area contributed by atoms with Crippen molar-refractivity contribution in [1.29, 1.82) is 0 Å². The molecule has 0 radical (unpaired) electrons. The van der Waals surface area contributed by atoms with Crippen molar-refractivity contribution in [3.8, 4) is 0 Å². The molecule has 0 aromatic heterocycles. The van der Waals surface area contributed by atoms with E-state index < -0.39 is 36.5 Å². The summed E-state index contributed by atoms with van der Waals surface area (Å²) >= 11 is 0. The maximum Gasteiger partial charge on any atom is 0.305 e. The quantitative estimate of drug-likeness (QED) is 0.0935. The maximum absolute atomic E-state index is 12.9. The average molecular weight is 559 g/mol. The van der Waals surface area contributed by atoms with Crippen LogP contribution in [0.5, 0.6) is 0 Å². The van der Waals surface area contributed by atoms with Gasteiger partial charge in [0.05, 0.1) is 6.10 Å². The third kappa shape index (κ3) is 6.44. The van der Waals surface area contributed by atoms with Crippen LogP contribution >= 0.6 is 0 Å². The summed E-state index contributed by atoms with van der Waals surface area (Å²) in [5.74, 6) is -0.701. The Kier molecular flexibility index (Phi) is 9.30. The number of ketones is 1. The molecule has 4 aromatic rings. The largest absolute Gasteiger partial charge is 0.463 e. The summed E-state index contributed by atoms with van der Waals surface area (Å²) in [4.78, 5) is 25.1. The highest BCUT2D eigenvalue weighted by molar-refractivity contribution is 6.24. The molecule has 4 aromatic carbocycles. The molecule has 0 bridgehead atoms. The Hall–Kier alpha value is -3.36. The van der Waals surface area contributed by atoms with Crippen molar-refractivity contribution < 1.29 is 34.4 Å². The van der Waals surface area contributed by atoms with Crippen molar-refractivity contribution in [1.82, 2.24) is 0 Å². The standard InChI is InChI=1S/C34H38O7/c1-2-3-4-5-6-10-29(36)40-20-28-33(38)34(39)32(37)27(41-28)19-25(35)17-15-21-11-12-24-14-13-22-8-7-9-23-16-18-26(21)31(24)30(22)23/h7-9,11-18,27-28,32-34,37-39H,2-6,10,19-20H2,1H3/b17-15+/t27-,28+,32-,33+,34+/m0/s1. The van der Waals surface area contributed by atoms with Crippen molar-refractivity contribution in [3.05, 3.63) is 66.2 Å². The van der Waals surface area contributed by atoms with E-state index in [1.54, 1.807) is 6.08 Å². The van der Waals surface area contributed by atoms with Gasteiger partial charge in [-0.15, -0.1) is 0 Å². The number of ether oxygens (including phenoxy) is 2. The normalized spacial score (nSPS) is 23.2. The first kappa shape index (κ1) is 29.1. The van der Waals surface area contributed by atoms with Gasteiger partial charge in [-0.1, -0.05) is 93.3 Å². The minimum Gasteiger partial charge on any atom is -0.463 e. The number of benzene rings is 4. The van der Waals surface area contributed by atoms with Crippen molar-refractivity contribution in [2.45, 2.75) is 82.4 Å². The number of carbonyl (C=O) groups is 2. The number of rotatable bonds is 12. The van der Waals surface area contributed by atoms with Gasteiger partial charge < -0.3 is 24.8 Å². The van der Waals surface area contributed by atoms with E-state index in [2.05, 4.69) is 43.3 Å². The van der Waals surface area contributed by atoms with Gasteiger partial charge in [0.1, 0.15) is 31.0 Å². The molecule has 3 N–H and O–H groups in total. The molecule has 1 aliphatic heterocycles. The van der Waals surface area contributed by atoms with Crippen molar-refractivity contribution in [3.63, 3.8) is 0 Å². The lowest BCUT2D eigenvalue weighted by Crippen LogP contribution is -2.59. The van der Waals surface area contributed by atoms with Crippen LogP contribution < -0.4 is 0 Å². The van der Waals surface area contributed by atoms with E-state index in [9.17, 15) is 24.9 Å². The highest BCUT2D eigenvalue weighted by atomic mass is 16.6. The summed E-state index contributed by atoms with van der Waals surface area (Å²) in [6.45, 7) is 1.86. The monoisotopic (exact) mass is 558 g/mol. The predicted octanol–water partition coefficient (Wildman–Crippen LogP) is 5.31. The summed E-state index contributed by atoms with van der Waals surface area (Å²) < 4.78 is 11.0. The minimum atomic E-state index is -1.53. The number of carbonyl (C=O) groups excluding carboxylic acids is 2. The number of aliphatic hydroxyl groups is 3. The summed E-state index contributed by atoms with van der Waals surface area (Å²) in [7, 11) is 0. The van der Waals surface area contributed by atoms with Gasteiger partial charge in [0, 0.05) is 12.8 Å². The van der Waals surface area contributed by atoms with Gasteiger partial charge in [0.15, 0.2) is 5.78 Å². The Balaban J connectivity index is 1.23. The Bertz CT molecular complexity index is 1510. The van der Waals surface area contributed by atoms with Crippen LogP contribution in [-0.4, -0.2) is 64.2 Å². The molecule has 1 heterocycles. The Morgan fingerprint density at radius 2 is 1.46 bits per heavy atom. The molecule has 0 saturated carbocycles. The van der Waals surface area contributed by atoms with Gasteiger partial charge in [-0.05, 0) is 50.4 Å². The SMILES string of the molecule is CCCCCCCC(=O)OC[C@H]1O[C@@H](CC(=O)/C=C/c2ccc3ccc4cccc5ccc2c3c45)[C@H](O)[C@@H](O)[C@@H]1O. The molecular weight excluding hydrogens is 520 g/mol. The molecule has 1 aliphatic rings. The molecule has 5 rings (SSSR count). The fourth-order valence-electron chi connectivity index (χ4n) is 5.81. The molecule has 0 spiro atoms. The lowest BCUT2D eigenvalue weighted by Gasteiger charge is -2.40. The molecule has 7 heteroatoms. The van der Waals surface area contributed by atoms with Crippen LogP contribution in [0, 0.1) is 0 Å². The number of unbranched alkanes of at least 4 members (excludes halogenated alkanes) is 4. The number of allylic oxidation sites excluding steroid dienone is 1. The highest BCUT2D eigenvalue weighted by Gasteiger charge is 2.44. The molecule has 41 heavy (non-hydrogen) atoms. The van der Waals surface area contributed by atoms with Crippen LogP contribution in [0.2, 0.25) is 0 Å². The topological polar surface area (TPSA) is 113 Å². The zero-order valence-corrected chi connectivity index (χ0v) is 23.4. The molecule has 0 aliphatic carbocycles. The van der Waals surface area contributed by atoms with Crippen molar-refractivity contribution in [2.24, 2.45) is 0 Å². The average Bonchev–Trinajstić information content (AvgIpc) is 2.98. The van der Waals surface area contributed by atoms with Crippen LogP contribution in [0.25, 0.3) is 38.4 Å². The lowest BCUT2D eigenvalue weighted by atomic mass is 9.91. The second-order valence-electron chi connectivity index (χ2n) is 11.0. The molecule has 1 saturated heterocycles. The van der Waals surface area contributed by atoms with E-state index in [1.807, 2.05) is 18.2 Å². The van der Waals surface area contributed by atoms with E-state index in [-0.39, 0.29) is 25.2 Å². The van der Waals surface area contributed by atoms with E-state index in [0.29, 0.717) is 0 Å². The minimum absolute atomic E-state index is 0.199. The summed E-state index contributed by atoms with van der Waals surface area (Å²) in [5, 5.41) is 38.1. The van der Waals surface area contributed by atoms with Crippen LogP contribution in [0.15, 0.2) is 60.7 Å². The summed E-state index contributed by atoms with van der Waals surface area (Å²) in [5.41, 5.74) is 0.893. The second-order valence-corrected chi connectivity index (χ2v) is 11.0. The number of esters is 1. The summed E-state index contributed by atoms with van der Waals surface area (Å²) in [6.07, 6.45) is 1.75. The Labute approximate surface area is 239 Å². The number of hydrogen-bond donors (Lipinski definition) is 3. The molecule has 7 nitrogen and oxygen atoms in total. The van der Waals surface area contributed by atoms with E-state index in [0.717, 1.165) is 64.6 Å². The first-order chi connectivity index (χ1) is 19.9. The molecular formula is C34H38O7. The maximum atomic E-state index is 12.9. The van der Waals surface area contributed by atoms with Crippen molar-refractivity contribution >= 4 is 50.1 Å². The number of hydrogen-bond acceptors (Lipinski definition) is 7. The fraction of sp³-hybridized carbons (Fsp3) is 0.412. The highest BCUT2D eigenvalue weighted by Crippen LogP contribution is 2.36. The zero-order valence-electron chi connectivity index (χ0n) is 23.4. The van der Waals surface area contributed by atoms with Crippen LogP contribution in [-0.2, 0) is 19.1 Å². The van der Waals surface area contributed by atoms with Gasteiger partial charge >= 0.3 is 5.97 Å². The molecule has 216 valence electrons. The first-order valence-corrected chi connectivity index (χ1v) is 14.6. The number of aliphatic hydroxyl groups excluding tert-OH is 3.